The summed E-state index contributed by atoms with van der Waals surface area (Å²) in [5, 5.41) is 14.7. The van der Waals surface area contributed by atoms with Gasteiger partial charge in [0, 0.05) is 16.7 Å². The molecule has 0 amide bonds. The summed E-state index contributed by atoms with van der Waals surface area (Å²) in [5.41, 5.74) is 11.8. The Labute approximate surface area is 388 Å². The predicted molar refractivity (Wildman–Crippen MR) is 266 cm³/mol. The minimum absolute atomic E-state index is 0.298. The molecular weight excluding hydrogens is 801 g/mol. The van der Waals surface area contributed by atoms with Crippen LogP contribution in [0.4, 0.5) is 0 Å². The van der Waals surface area contributed by atoms with Gasteiger partial charge >= 0.3 is 0 Å². The van der Waals surface area contributed by atoms with Gasteiger partial charge in [-0.3, -0.25) is 0 Å². The van der Waals surface area contributed by atoms with E-state index in [4.69, 9.17) is 15.0 Å². The highest BCUT2D eigenvalue weighted by molar-refractivity contribution is 6.05. The Balaban J connectivity index is 0.924. The second-order valence-electron chi connectivity index (χ2n) is 21.9. The molecule has 8 aromatic rings. The third-order valence-electron chi connectivity index (χ3n) is 17.9. The minimum Gasteiger partial charge on any atom is -0.208 e. The van der Waals surface area contributed by atoms with Crippen molar-refractivity contribution in [1.29, 1.82) is 5.26 Å². The SMILES string of the molecule is N#Cc1cccc(-c2ccc(-c3nc(-c4ccc(C56C[C@H]7C[C@@H](C5)C[C@@H](C6)C7)cc4)nc(-c4ccccc4-c4ccc(C56C[C@H]7C[C@H](C5)C[C@@H](C6)C7)c5ccccc45)n3)c3ccccc23)c1. The van der Waals surface area contributed by atoms with Crippen LogP contribution in [0.25, 0.3) is 78.0 Å². The fourth-order valence-electron chi connectivity index (χ4n) is 16.0. The summed E-state index contributed by atoms with van der Waals surface area (Å²) in [6.45, 7) is 0. The van der Waals surface area contributed by atoms with Gasteiger partial charge in [-0.25, -0.2) is 15.0 Å². The first-order valence-corrected chi connectivity index (χ1v) is 25.0. The molecule has 0 atom stereocenters. The number of nitriles is 1. The van der Waals surface area contributed by atoms with Crippen LogP contribution < -0.4 is 0 Å². The van der Waals surface area contributed by atoms with Gasteiger partial charge in [0.15, 0.2) is 17.5 Å². The molecule has 16 rings (SSSR count). The zero-order valence-electron chi connectivity index (χ0n) is 37.6. The molecule has 322 valence electrons. The summed E-state index contributed by atoms with van der Waals surface area (Å²) in [7, 11) is 0. The van der Waals surface area contributed by atoms with E-state index in [9.17, 15) is 5.26 Å². The maximum atomic E-state index is 9.77. The van der Waals surface area contributed by atoms with Gasteiger partial charge in [0.05, 0.1) is 11.6 Å². The molecule has 7 aromatic carbocycles. The second-order valence-corrected chi connectivity index (χ2v) is 21.9. The van der Waals surface area contributed by atoms with Crippen molar-refractivity contribution >= 4 is 21.5 Å². The van der Waals surface area contributed by atoms with Gasteiger partial charge < -0.3 is 0 Å². The standard InChI is InChI=1S/C62H54N4/c63-37-38-8-7-9-46(30-38)48-20-21-56(51-12-2-1-10-49(48)51)60-65-58(45-16-18-47(19-17-45)61-31-39-24-40(32-61)26-41(25-39)33-61)64-59(66-60)55-15-6-4-13-52(55)53-22-23-57(54-14-5-3-11-50(53)54)62-34-42-27-43(35-62)29-44(28-42)36-62/h1-23,30,39-44H,24-29,31-36H2/t39-,40+,41-,42-,43-,44-,61?,62?. The minimum atomic E-state index is 0.298. The average Bonchev–Trinajstić information content (AvgIpc) is 3.35. The number of benzene rings is 7. The molecule has 1 heterocycles. The zero-order chi connectivity index (χ0) is 43.6. The van der Waals surface area contributed by atoms with Crippen LogP contribution in [-0.4, -0.2) is 15.0 Å². The Kier molecular flexibility index (Phi) is 8.69. The highest BCUT2D eigenvalue weighted by Gasteiger charge is 2.53. The summed E-state index contributed by atoms with van der Waals surface area (Å²) in [5.74, 6) is 7.38. The summed E-state index contributed by atoms with van der Waals surface area (Å²) in [6, 6.07) is 55.4. The van der Waals surface area contributed by atoms with Gasteiger partial charge in [0.1, 0.15) is 0 Å². The highest BCUT2D eigenvalue weighted by Crippen LogP contribution is 2.63. The highest BCUT2D eigenvalue weighted by atomic mass is 15.0. The van der Waals surface area contributed by atoms with Crippen molar-refractivity contribution in [3.8, 4) is 62.5 Å². The third-order valence-corrected chi connectivity index (χ3v) is 17.9. The van der Waals surface area contributed by atoms with Gasteiger partial charge in [0.2, 0.25) is 0 Å². The lowest BCUT2D eigenvalue weighted by molar-refractivity contribution is -0.00520. The van der Waals surface area contributed by atoms with Gasteiger partial charge in [-0.15, -0.1) is 0 Å². The van der Waals surface area contributed by atoms with Crippen LogP contribution in [0.5, 0.6) is 0 Å². The largest absolute Gasteiger partial charge is 0.208 e. The van der Waals surface area contributed by atoms with Crippen molar-refractivity contribution < 1.29 is 0 Å². The maximum Gasteiger partial charge on any atom is 0.164 e. The van der Waals surface area contributed by atoms with Crippen molar-refractivity contribution in [3.05, 3.63) is 162 Å². The first-order chi connectivity index (χ1) is 32.5. The van der Waals surface area contributed by atoms with E-state index >= 15 is 0 Å². The van der Waals surface area contributed by atoms with Crippen LogP contribution in [-0.2, 0) is 10.8 Å². The van der Waals surface area contributed by atoms with Crippen molar-refractivity contribution in [3.63, 3.8) is 0 Å². The molecule has 8 aliphatic carbocycles. The van der Waals surface area contributed by atoms with Crippen LogP contribution >= 0.6 is 0 Å². The molecule has 4 heteroatoms. The van der Waals surface area contributed by atoms with Gasteiger partial charge in [-0.05, 0) is 197 Å². The monoisotopic (exact) mass is 854 g/mol. The molecule has 4 nitrogen and oxygen atoms in total. The predicted octanol–water partition coefficient (Wildman–Crippen LogP) is 15.3. The Morgan fingerprint density at radius 3 is 1.48 bits per heavy atom. The lowest BCUT2D eigenvalue weighted by Gasteiger charge is -2.57. The molecule has 66 heavy (non-hydrogen) atoms. The quantitative estimate of drug-likeness (QED) is 0.160. The molecule has 0 spiro atoms. The molecule has 8 aliphatic rings. The van der Waals surface area contributed by atoms with Crippen LogP contribution in [0.2, 0.25) is 0 Å². The Bertz CT molecular complexity index is 3230. The average molecular weight is 855 g/mol. The number of rotatable bonds is 7. The molecule has 8 fully saturated rings. The lowest BCUT2D eigenvalue weighted by Crippen LogP contribution is -2.48. The molecule has 1 aromatic heterocycles. The molecule has 0 unspecified atom stereocenters. The summed E-state index contributed by atoms with van der Waals surface area (Å²) >= 11 is 0. The van der Waals surface area contributed by atoms with E-state index in [-0.39, 0.29) is 0 Å². The van der Waals surface area contributed by atoms with E-state index in [1.165, 1.54) is 98.9 Å². The van der Waals surface area contributed by atoms with Crippen LogP contribution in [0, 0.1) is 46.8 Å². The number of hydrogen-bond acceptors (Lipinski definition) is 4. The first kappa shape index (κ1) is 38.8. The van der Waals surface area contributed by atoms with Gasteiger partial charge in [-0.1, -0.05) is 127 Å². The van der Waals surface area contributed by atoms with E-state index in [1.807, 2.05) is 18.2 Å². The van der Waals surface area contributed by atoms with Crippen molar-refractivity contribution in [2.45, 2.75) is 87.9 Å². The van der Waals surface area contributed by atoms with Crippen molar-refractivity contribution in [1.82, 2.24) is 15.0 Å². The van der Waals surface area contributed by atoms with Crippen LogP contribution in [0.3, 0.4) is 0 Å². The summed E-state index contributed by atoms with van der Waals surface area (Å²) in [6.07, 6.45) is 16.7. The number of nitrogens with zero attached hydrogens (tertiary/aromatic N) is 4. The number of fused-ring (bicyclic) bond motifs is 2. The molecule has 8 bridgehead atoms. The lowest BCUT2D eigenvalue weighted by atomic mass is 9.47. The Morgan fingerprint density at radius 2 is 0.864 bits per heavy atom. The number of hydrogen-bond donors (Lipinski definition) is 0. The third kappa shape index (κ3) is 6.18. The first-order valence-electron chi connectivity index (χ1n) is 25.0. The molecule has 0 aliphatic heterocycles. The zero-order valence-corrected chi connectivity index (χ0v) is 37.6. The molecule has 8 saturated carbocycles. The van der Waals surface area contributed by atoms with Crippen molar-refractivity contribution in [2.75, 3.05) is 0 Å². The molecular formula is C62H54N4. The summed E-state index contributed by atoms with van der Waals surface area (Å²) < 4.78 is 0. The van der Waals surface area contributed by atoms with Crippen LogP contribution in [0.15, 0.2) is 146 Å². The molecule has 0 saturated heterocycles. The fourth-order valence-corrected chi connectivity index (χ4v) is 16.0. The van der Waals surface area contributed by atoms with Gasteiger partial charge in [-0.2, -0.15) is 5.26 Å². The summed E-state index contributed by atoms with van der Waals surface area (Å²) in [4.78, 5) is 16.3. The Hall–Kier alpha value is -6.44. The second kappa shape index (κ2) is 14.8. The Morgan fingerprint density at radius 1 is 0.379 bits per heavy atom. The van der Waals surface area contributed by atoms with E-state index in [0.29, 0.717) is 33.9 Å². The normalized spacial score (nSPS) is 28.0. The van der Waals surface area contributed by atoms with Crippen LogP contribution in [0.1, 0.15) is 93.7 Å². The van der Waals surface area contributed by atoms with Gasteiger partial charge in [0.25, 0.3) is 0 Å². The topological polar surface area (TPSA) is 62.5 Å². The fraction of sp³-hybridized carbons (Fsp3) is 0.323. The van der Waals surface area contributed by atoms with Crippen molar-refractivity contribution in [2.24, 2.45) is 35.5 Å². The van der Waals surface area contributed by atoms with E-state index in [0.717, 1.165) is 79.7 Å². The van der Waals surface area contributed by atoms with E-state index < -0.39 is 0 Å². The number of aromatic nitrogens is 3. The smallest absolute Gasteiger partial charge is 0.164 e. The molecule has 0 radical (unpaired) electrons. The van der Waals surface area contributed by atoms with E-state index in [1.54, 1.807) is 5.56 Å². The maximum absolute atomic E-state index is 9.77. The van der Waals surface area contributed by atoms with E-state index in [2.05, 4.69) is 133 Å². The molecule has 0 N–H and O–H groups in total.